The van der Waals surface area contributed by atoms with E-state index < -0.39 is 35.7 Å². The fraction of sp³-hybridized carbons (Fsp3) is 0.643. The van der Waals surface area contributed by atoms with Crippen molar-refractivity contribution in [3.05, 3.63) is 35.9 Å². The molecule has 1 saturated heterocycles. The highest BCUT2D eigenvalue weighted by atomic mass is 32.2. The minimum Gasteiger partial charge on any atom is -0.496 e. The average Bonchev–Trinajstić information content (AvgIpc) is 4.03. The molecule has 4 atom stereocenters. The summed E-state index contributed by atoms with van der Waals surface area (Å²) in [5.41, 5.74) is 6.45. The van der Waals surface area contributed by atoms with Crippen LogP contribution in [0.2, 0.25) is 0 Å². The molecule has 2 heterocycles. The quantitative estimate of drug-likeness (QED) is 0.0921. The second-order valence-electron chi connectivity index (χ2n) is 16.7. The Balaban J connectivity index is 0.000000278. The number of primary amides is 1. The number of likely N-dealkylation sites (tertiary alicyclic amines) is 1. The van der Waals surface area contributed by atoms with Gasteiger partial charge in [0.25, 0.3) is 0 Å². The van der Waals surface area contributed by atoms with Crippen molar-refractivity contribution >= 4 is 46.7 Å². The molecule has 13 nitrogen and oxygen atoms in total. The van der Waals surface area contributed by atoms with Crippen molar-refractivity contribution < 1.29 is 38.1 Å². The SMILES string of the molecule is CCCCC/C=C\C1CC1C(=O)NSC1(C)CC1.COc1ccc2c(O[C@@H]3CC(C(N)=O)N(C(=O)CNC(=O)OC(C)(C)C)C3)cc(OC3CCC3)nc2c1C. The second kappa shape index (κ2) is 18.8. The number of rotatable bonds is 16. The molecule has 3 saturated carbocycles. The largest absolute Gasteiger partial charge is 0.496 e. The molecule has 0 bridgehead atoms. The first-order valence-corrected chi connectivity index (χ1v) is 20.9. The number of allylic oxidation sites excluding steroid dienone is 2. The number of aryl methyl sites for hydroxylation is 1. The molecule has 1 aliphatic heterocycles. The van der Waals surface area contributed by atoms with E-state index in [9.17, 15) is 19.2 Å². The highest BCUT2D eigenvalue weighted by molar-refractivity contribution is 7.99. The fourth-order valence-electron chi connectivity index (χ4n) is 6.61. The Morgan fingerprint density at radius 3 is 2.45 bits per heavy atom. The lowest BCUT2D eigenvalue weighted by molar-refractivity contribution is -0.136. The summed E-state index contributed by atoms with van der Waals surface area (Å²) in [5, 5.41) is 3.20. The molecule has 4 amide bonds. The van der Waals surface area contributed by atoms with E-state index in [1.54, 1.807) is 45.9 Å². The van der Waals surface area contributed by atoms with Crippen molar-refractivity contribution in [2.45, 2.75) is 141 Å². The molecular weight excluding hydrogens is 735 g/mol. The molecule has 0 radical (unpaired) electrons. The number of methoxy groups -OCH3 is 1. The molecular formula is C42H61N5O8S. The van der Waals surface area contributed by atoms with E-state index in [1.165, 1.54) is 43.4 Å². The number of unbranched alkanes of at least 4 members (excludes halogenated alkanes) is 3. The number of nitrogens with two attached hydrogens (primary N) is 1. The predicted molar refractivity (Wildman–Crippen MR) is 218 cm³/mol. The van der Waals surface area contributed by atoms with Crippen LogP contribution in [-0.4, -0.2) is 82.5 Å². The Kier molecular flexibility index (Phi) is 14.4. The van der Waals surface area contributed by atoms with Gasteiger partial charge in [-0.1, -0.05) is 31.9 Å². The Bertz CT molecular complexity index is 1750. The molecule has 308 valence electrons. The number of amides is 4. The van der Waals surface area contributed by atoms with Crippen LogP contribution in [0.4, 0.5) is 4.79 Å². The second-order valence-corrected chi connectivity index (χ2v) is 18.1. The summed E-state index contributed by atoms with van der Waals surface area (Å²) in [7, 11) is 1.60. The number of ether oxygens (including phenoxy) is 4. The number of carbonyl (C=O) groups excluding carboxylic acids is 4. The third-order valence-corrected chi connectivity index (χ3v) is 11.8. The highest BCUT2D eigenvalue weighted by Crippen LogP contribution is 2.47. The molecule has 3 unspecified atom stereocenters. The van der Waals surface area contributed by atoms with Gasteiger partial charge in [0.2, 0.25) is 23.6 Å². The van der Waals surface area contributed by atoms with Gasteiger partial charge in [-0.15, -0.1) is 0 Å². The third-order valence-electron chi connectivity index (χ3n) is 10.6. The Morgan fingerprint density at radius 2 is 1.82 bits per heavy atom. The zero-order chi connectivity index (χ0) is 40.6. The van der Waals surface area contributed by atoms with Gasteiger partial charge in [0.1, 0.15) is 41.9 Å². The van der Waals surface area contributed by atoms with Gasteiger partial charge in [-0.05, 0) is 116 Å². The van der Waals surface area contributed by atoms with Crippen LogP contribution in [0.1, 0.15) is 111 Å². The number of alkyl carbamates (subject to hydrolysis) is 1. The van der Waals surface area contributed by atoms with E-state index in [2.05, 4.69) is 36.0 Å². The average molecular weight is 796 g/mol. The lowest BCUT2D eigenvalue weighted by Gasteiger charge is -2.26. The van der Waals surface area contributed by atoms with Crippen molar-refractivity contribution in [2.75, 3.05) is 20.2 Å². The maximum absolute atomic E-state index is 12.9. The smallest absolute Gasteiger partial charge is 0.408 e. The first kappa shape index (κ1) is 42.9. The summed E-state index contributed by atoms with van der Waals surface area (Å²) >= 11 is 1.63. The predicted octanol–water partition coefficient (Wildman–Crippen LogP) is 6.92. The van der Waals surface area contributed by atoms with Gasteiger partial charge in [-0.25, -0.2) is 9.78 Å². The Hall–Kier alpha value is -4.20. The van der Waals surface area contributed by atoms with E-state index in [1.807, 2.05) is 19.1 Å². The standard InChI is InChI=1S/C27H36N4O7.C15H25NOS/c1-15-20(35-5)10-9-18-21(12-22(30-24(15)18)37-16-7-6-8-16)36-17-11-19(25(28)33)31(14-17)23(32)13-29-26(34)38-27(2,3)4;1-3-4-5-6-7-8-12-11-13(12)14(17)16-18-15(2)9-10-15/h9-10,12,16-17,19H,6-8,11,13-14H2,1-5H3,(H2,28,33)(H,29,34);7-8,12-13H,3-6,9-11H2,1-2H3,(H,16,17)/b;8-7-/t17-,19?;/m1./s1. The van der Waals surface area contributed by atoms with Crippen LogP contribution in [-0.2, 0) is 19.1 Å². The summed E-state index contributed by atoms with van der Waals surface area (Å²) in [6.45, 7) is 11.3. The molecule has 4 fully saturated rings. The summed E-state index contributed by atoms with van der Waals surface area (Å²) in [5.74, 6) is 1.59. The van der Waals surface area contributed by atoms with Crippen LogP contribution in [0.5, 0.6) is 17.4 Å². The zero-order valence-electron chi connectivity index (χ0n) is 34.1. The van der Waals surface area contributed by atoms with Gasteiger partial charge in [0, 0.05) is 34.1 Å². The van der Waals surface area contributed by atoms with Crippen molar-refractivity contribution in [3.8, 4) is 17.4 Å². The van der Waals surface area contributed by atoms with Crippen LogP contribution < -0.4 is 30.0 Å². The van der Waals surface area contributed by atoms with Crippen molar-refractivity contribution in [1.82, 2.24) is 19.9 Å². The summed E-state index contributed by atoms with van der Waals surface area (Å²) in [6, 6.07) is 4.59. The van der Waals surface area contributed by atoms with E-state index in [4.69, 9.17) is 29.7 Å². The molecule has 4 N–H and O–H groups in total. The van der Waals surface area contributed by atoms with Crippen LogP contribution in [0, 0.1) is 18.8 Å². The number of aromatic nitrogens is 1. The molecule has 2 aromatic rings. The molecule has 3 aliphatic carbocycles. The van der Waals surface area contributed by atoms with Crippen LogP contribution in [0.25, 0.3) is 10.9 Å². The van der Waals surface area contributed by atoms with Crippen LogP contribution in [0.3, 0.4) is 0 Å². The molecule has 6 rings (SSSR count). The van der Waals surface area contributed by atoms with E-state index in [0.29, 0.717) is 33.6 Å². The van der Waals surface area contributed by atoms with Crippen molar-refractivity contribution in [2.24, 2.45) is 17.6 Å². The monoisotopic (exact) mass is 795 g/mol. The number of benzene rings is 1. The number of pyridine rings is 1. The molecule has 0 spiro atoms. The lowest BCUT2D eigenvalue weighted by atomic mass is 9.96. The zero-order valence-corrected chi connectivity index (χ0v) is 34.9. The maximum Gasteiger partial charge on any atom is 0.408 e. The van der Waals surface area contributed by atoms with Gasteiger partial charge in [-0.3, -0.25) is 19.1 Å². The molecule has 56 heavy (non-hydrogen) atoms. The molecule has 4 aliphatic rings. The summed E-state index contributed by atoms with van der Waals surface area (Å²) in [4.78, 5) is 55.0. The number of fused-ring (bicyclic) bond motifs is 1. The van der Waals surface area contributed by atoms with Crippen LogP contribution in [0.15, 0.2) is 30.4 Å². The molecule has 1 aromatic carbocycles. The third kappa shape index (κ3) is 12.1. The lowest BCUT2D eigenvalue weighted by Crippen LogP contribution is -2.48. The highest BCUT2D eigenvalue weighted by Gasteiger charge is 2.44. The first-order chi connectivity index (χ1) is 26.6. The normalized spacial score (nSPS) is 22.4. The number of hydrogen-bond acceptors (Lipinski definition) is 10. The van der Waals surface area contributed by atoms with Gasteiger partial charge in [-0.2, -0.15) is 0 Å². The molecule has 14 heteroatoms. The number of hydrogen-bond donors (Lipinski definition) is 3. The van der Waals surface area contributed by atoms with Gasteiger partial charge in [0.15, 0.2) is 0 Å². The minimum absolute atomic E-state index is 0.120. The van der Waals surface area contributed by atoms with Gasteiger partial charge < -0.3 is 34.9 Å². The summed E-state index contributed by atoms with van der Waals surface area (Å²) in [6.07, 6.45) is 15.3. The fourth-order valence-corrected chi connectivity index (χ4v) is 7.41. The Morgan fingerprint density at radius 1 is 1.07 bits per heavy atom. The first-order valence-electron chi connectivity index (χ1n) is 20.1. The Labute approximate surface area is 335 Å². The maximum atomic E-state index is 12.9. The van der Waals surface area contributed by atoms with Crippen LogP contribution >= 0.6 is 11.9 Å². The van der Waals surface area contributed by atoms with Crippen molar-refractivity contribution in [1.29, 1.82) is 0 Å². The summed E-state index contributed by atoms with van der Waals surface area (Å²) < 4.78 is 26.5. The number of nitrogens with zero attached hydrogens (tertiary/aromatic N) is 2. The van der Waals surface area contributed by atoms with E-state index in [-0.39, 0.29) is 37.4 Å². The van der Waals surface area contributed by atoms with Gasteiger partial charge in [0.05, 0.1) is 19.2 Å². The van der Waals surface area contributed by atoms with E-state index >= 15 is 0 Å². The number of carbonyl (C=O) groups is 4. The van der Waals surface area contributed by atoms with Gasteiger partial charge >= 0.3 is 6.09 Å². The topological polar surface area (TPSA) is 171 Å². The van der Waals surface area contributed by atoms with Crippen molar-refractivity contribution in [3.63, 3.8) is 0 Å². The minimum atomic E-state index is -0.867. The number of nitrogens with one attached hydrogen (secondary N) is 2. The molecule has 1 aromatic heterocycles. The van der Waals surface area contributed by atoms with E-state index in [0.717, 1.165) is 36.6 Å².